The molecule has 92 valence electrons. The highest BCUT2D eigenvalue weighted by molar-refractivity contribution is 6.30. The summed E-state index contributed by atoms with van der Waals surface area (Å²) in [6, 6.07) is 3.88. The number of rotatable bonds is 3. The first-order valence-corrected chi connectivity index (χ1v) is 5.85. The number of carbonyl (C=O) groups excluding carboxylic acids is 1. The highest BCUT2D eigenvalue weighted by Crippen LogP contribution is 2.26. The molecule has 0 aliphatic heterocycles. The quantitative estimate of drug-likeness (QED) is 0.870. The minimum absolute atomic E-state index is 0.0441. The molecule has 0 aromatic heterocycles. The van der Waals surface area contributed by atoms with Crippen molar-refractivity contribution >= 4 is 17.5 Å². The third kappa shape index (κ3) is 2.96. The van der Waals surface area contributed by atoms with Gasteiger partial charge in [0, 0.05) is 11.6 Å². The van der Waals surface area contributed by atoms with Crippen molar-refractivity contribution in [2.45, 2.75) is 18.9 Å². The molecule has 5 heteroatoms. The second kappa shape index (κ2) is 5.02. The van der Waals surface area contributed by atoms with Crippen LogP contribution in [-0.2, 0) is 0 Å². The number of hydrogen-bond donors (Lipinski definition) is 2. The molecular weight excluding hydrogens is 245 g/mol. The lowest BCUT2D eigenvalue weighted by molar-refractivity contribution is 0.0420. The van der Waals surface area contributed by atoms with E-state index >= 15 is 0 Å². The lowest BCUT2D eigenvalue weighted by Crippen LogP contribution is -2.38. The molecule has 1 aromatic carbocycles. The minimum Gasteiger partial charge on any atom is -0.393 e. The summed E-state index contributed by atoms with van der Waals surface area (Å²) in [5.74, 6) is -0.761. The van der Waals surface area contributed by atoms with E-state index in [1.807, 2.05) is 0 Å². The van der Waals surface area contributed by atoms with Crippen molar-refractivity contribution < 1.29 is 14.3 Å². The predicted molar refractivity (Wildman–Crippen MR) is 62.5 cm³/mol. The Bertz CT molecular complexity index is 433. The van der Waals surface area contributed by atoms with Gasteiger partial charge in [0.1, 0.15) is 5.82 Å². The third-order valence-electron chi connectivity index (χ3n) is 2.94. The number of halogens is 2. The first-order chi connectivity index (χ1) is 8.06. The van der Waals surface area contributed by atoms with Gasteiger partial charge >= 0.3 is 0 Å². The molecular formula is C12H13ClFNO2. The van der Waals surface area contributed by atoms with Crippen LogP contribution in [0.3, 0.4) is 0 Å². The van der Waals surface area contributed by atoms with Crippen LogP contribution in [-0.4, -0.2) is 23.7 Å². The largest absolute Gasteiger partial charge is 0.393 e. The van der Waals surface area contributed by atoms with Gasteiger partial charge in [-0.3, -0.25) is 4.79 Å². The first kappa shape index (κ1) is 12.3. The van der Waals surface area contributed by atoms with Gasteiger partial charge < -0.3 is 10.4 Å². The van der Waals surface area contributed by atoms with Gasteiger partial charge in [0.05, 0.1) is 11.7 Å². The summed E-state index contributed by atoms with van der Waals surface area (Å²) in [7, 11) is 0. The van der Waals surface area contributed by atoms with Crippen LogP contribution in [0.25, 0.3) is 0 Å². The van der Waals surface area contributed by atoms with E-state index in [-0.39, 0.29) is 17.6 Å². The van der Waals surface area contributed by atoms with Gasteiger partial charge in [-0.2, -0.15) is 0 Å². The van der Waals surface area contributed by atoms with Crippen LogP contribution in [0.15, 0.2) is 18.2 Å². The molecule has 1 aromatic rings. The van der Waals surface area contributed by atoms with Gasteiger partial charge in [0.15, 0.2) is 0 Å². The van der Waals surface area contributed by atoms with E-state index in [0.29, 0.717) is 24.4 Å². The Balaban J connectivity index is 1.92. The third-order valence-corrected chi connectivity index (χ3v) is 3.17. The van der Waals surface area contributed by atoms with Crippen LogP contribution in [0.4, 0.5) is 4.39 Å². The Hall–Kier alpha value is -1.13. The van der Waals surface area contributed by atoms with Crippen molar-refractivity contribution in [1.29, 1.82) is 0 Å². The lowest BCUT2D eigenvalue weighted by Gasteiger charge is -2.31. The number of nitrogens with one attached hydrogen (secondary N) is 1. The van der Waals surface area contributed by atoms with Crippen LogP contribution in [0.5, 0.6) is 0 Å². The highest BCUT2D eigenvalue weighted by atomic mass is 35.5. The normalized spacial score (nSPS) is 23.0. The van der Waals surface area contributed by atoms with E-state index < -0.39 is 11.7 Å². The van der Waals surface area contributed by atoms with E-state index in [0.717, 1.165) is 0 Å². The van der Waals surface area contributed by atoms with Gasteiger partial charge in [0.25, 0.3) is 5.91 Å². The standard InChI is InChI=1S/C12H13ClFNO2/c13-8-1-2-11(14)10(5-8)12(17)15-6-7-3-9(16)4-7/h1-2,5,7,9,16H,3-4,6H2,(H,15,17). The predicted octanol–water partition coefficient (Wildman–Crippen LogP) is 1.98. The summed E-state index contributed by atoms with van der Waals surface area (Å²) in [5.41, 5.74) is -0.0441. The van der Waals surface area contributed by atoms with Crippen LogP contribution >= 0.6 is 11.6 Å². The van der Waals surface area contributed by atoms with Gasteiger partial charge in [-0.05, 0) is 37.0 Å². The van der Waals surface area contributed by atoms with Gasteiger partial charge in [-0.1, -0.05) is 11.6 Å². The lowest BCUT2D eigenvalue weighted by atomic mass is 9.82. The van der Waals surface area contributed by atoms with E-state index in [9.17, 15) is 9.18 Å². The molecule has 1 aliphatic rings. The summed E-state index contributed by atoms with van der Waals surface area (Å²) in [6.45, 7) is 0.460. The maximum atomic E-state index is 13.3. The smallest absolute Gasteiger partial charge is 0.254 e. The maximum absolute atomic E-state index is 13.3. The van der Waals surface area contributed by atoms with Crippen molar-refractivity contribution in [2.75, 3.05) is 6.54 Å². The second-order valence-corrected chi connectivity index (χ2v) is 4.76. The number of hydrogen-bond acceptors (Lipinski definition) is 2. The monoisotopic (exact) mass is 257 g/mol. The Morgan fingerprint density at radius 1 is 1.53 bits per heavy atom. The van der Waals surface area contributed by atoms with Crippen molar-refractivity contribution in [3.05, 3.63) is 34.6 Å². The van der Waals surface area contributed by atoms with Crippen molar-refractivity contribution in [3.63, 3.8) is 0 Å². The Kier molecular flexibility index (Phi) is 3.64. The zero-order valence-electron chi connectivity index (χ0n) is 9.12. The van der Waals surface area contributed by atoms with E-state index in [2.05, 4.69) is 5.32 Å². The van der Waals surface area contributed by atoms with Gasteiger partial charge in [0.2, 0.25) is 0 Å². The molecule has 0 radical (unpaired) electrons. The molecule has 1 saturated carbocycles. The fourth-order valence-corrected chi connectivity index (χ4v) is 2.04. The summed E-state index contributed by atoms with van der Waals surface area (Å²) in [5, 5.41) is 12.1. The zero-order valence-corrected chi connectivity index (χ0v) is 9.88. The molecule has 1 aliphatic carbocycles. The van der Waals surface area contributed by atoms with Crippen molar-refractivity contribution in [1.82, 2.24) is 5.32 Å². The van der Waals surface area contributed by atoms with Crippen LogP contribution in [0.2, 0.25) is 5.02 Å². The molecule has 0 atom stereocenters. The molecule has 1 amide bonds. The second-order valence-electron chi connectivity index (χ2n) is 4.33. The average molecular weight is 258 g/mol. The van der Waals surface area contributed by atoms with Gasteiger partial charge in [-0.25, -0.2) is 4.39 Å². The fraction of sp³-hybridized carbons (Fsp3) is 0.417. The van der Waals surface area contributed by atoms with Crippen molar-refractivity contribution in [2.24, 2.45) is 5.92 Å². The fourth-order valence-electron chi connectivity index (χ4n) is 1.87. The van der Waals surface area contributed by atoms with E-state index in [1.165, 1.54) is 18.2 Å². The maximum Gasteiger partial charge on any atom is 0.254 e. The first-order valence-electron chi connectivity index (χ1n) is 5.47. The Morgan fingerprint density at radius 3 is 2.88 bits per heavy atom. The summed E-state index contributed by atoms with van der Waals surface area (Å²) in [4.78, 5) is 11.7. The molecule has 2 rings (SSSR count). The molecule has 0 bridgehead atoms. The van der Waals surface area contributed by atoms with Crippen LogP contribution in [0.1, 0.15) is 23.2 Å². The molecule has 17 heavy (non-hydrogen) atoms. The minimum atomic E-state index is -0.583. The van der Waals surface area contributed by atoms with E-state index in [1.54, 1.807) is 0 Å². The molecule has 0 spiro atoms. The molecule has 1 fully saturated rings. The summed E-state index contributed by atoms with van der Waals surface area (Å²) >= 11 is 5.70. The number of aliphatic hydroxyl groups is 1. The number of benzene rings is 1. The van der Waals surface area contributed by atoms with Crippen molar-refractivity contribution in [3.8, 4) is 0 Å². The Labute approximate surface area is 104 Å². The van der Waals surface area contributed by atoms with E-state index in [4.69, 9.17) is 16.7 Å². The highest BCUT2D eigenvalue weighted by Gasteiger charge is 2.27. The number of amides is 1. The number of aliphatic hydroxyl groups excluding tert-OH is 1. The topological polar surface area (TPSA) is 49.3 Å². The van der Waals surface area contributed by atoms with Crippen LogP contribution in [0, 0.1) is 11.7 Å². The molecule has 0 heterocycles. The molecule has 0 unspecified atom stereocenters. The van der Waals surface area contributed by atoms with Crippen LogP contribution < -0.4 is 5.32 Å². The molecule has 0 saturated heterocycles. The Morgan fingerprint density at radius 2 is 2.24 bits per heavy atom. The number of carbonyl (C=O) groups is 1. The summed E-state index contributed by atoms with van der Waals surface area (Å²) < 4.78 is 13.3. The average Bonchev–Trinajstić information content (AvgIpc) is 2.26. The molecule has 3 nitrogen and oxygen atoms in total. The summed E-state index contributed by atoms with van der Waals surface area (Å²) in [6.07, 6.45) is 1.14. The zero-order chi connectivity index (χ0) is 12.4. The van der Waals surface area contributed by atoms with Gasteiger partial charge in [-0.15, -0.1) is 0 Å². The SMILES string of the molecule is O=C(NCC1CC(O)C1)c1cc(Cl)ccc1F. The molecule has 2 N–H and O–H groups in total.